The maximum absolute atomic E-state index is 11.3. The summed E-state index contributed by atoms with van der Waals surface area (Å²) in [6, 6.07) is 5.86. The van der Waals surface area contributed by atoms with Crippen molar-refractivity contribution >= 4 is 5.97 Å². The van der Waals surface area contributed by atoms with Crippen LogP contribution in [0.15, 0.2) is 18.2 Å². The summed E-state index contributed by atoms with van der Waals surface area (Å²) < 4.78 is 4.69. The molecule has 1 aromatic carbocycles. The van der Waals surface area contributed by atoms with Crippen molar-refractivity contribution in [3.8, 4) is 0 Å². The minimum atomic E-state index is -0.258. The minimum absolute atomic E-state index is 0.258. The van der Waals surface area contributed by atoms with Crippen LogP contribution in [0.25, 0.3) is 0 Å². The molecule has 0 amide bonds. The molecule has 14 heavy (non-hydrogen) atoms. The van der Waals surface area contributed by atoms with Crippen LogP contribution in [0.2, 0.25) is 0 Å². The molecule has 0 aromatic heterocycles. The van der Waals surface area contributed by atoms with E-state index in [1.54, 1.807) is 0 Å². The predicted octanol–water partition coefficient (Wildman–Crippen LogP) is 2.73. The third-order valence-corrected chi connectivity index (χ3v) is 2.10. The van der Waals surface area contributed by atoms with E-state index in [1.807, 2.05) is 19.1 Å². The van der Waals surface area contributed by atoms with E-state index in [0.29, 0.717) is 5.56 Å². The molecule has 76 valence electrons. The average molecular weight is 192 g/mol. The van der Waals surface area contributed by atoms with E-state index in [9.17, 15) is 4.79 Å². The fraction of sp³-hybridized carbons (Fsp3) is 0.417. The zero-order chi connectivity index (χ0) is 10.6. The summed E-state index contributed by atoms with van der Waals surface area (Å²) in [5.74, 6) is -0.258. The van der Waals surface area contributed by atoms with Crippen LogP contribution in [-0.4, -0.2) is 13.1 Å². The second kappa shape index (κ2) is 4.80. The number of methoxy groups -OCH3 is 1. The van der Waals surface area contributed by atoms with Gasteiger partial charge in [0.15, 0.2) is 0 Å². The predicted molar refractivity (Wildman–Crippen MR) is 56.5 cm³/mol. The Balaban J connectivity index is 3.00. The highest BCUT2D eigenvalue weighted by molar-refractivity contribution is 5.89. The van der Waals surface area contributed by atoms with Crippen LogP contribution in [0, 0.1) is 6.92 Å². The first-order valence-electron chi connectivity index (χ1n) is 4.86. The maximum Gasteiger partial charge on any atom is 0.337 e. The summed E-state index contributed by atoms with van der Waals surface area (Å²) in [6.07, 6.45) is 2.09. The first-order valence-corrected chi connectivity index (χ1v) is 4.86. The van der Waals surface area contributed by atoms with Crippen molar-refractivity contribution in [1.82, 2.24) is 0 Å². The normalized spacial score (nSPS) is 9.93. The molecule has 0 aliphatic rings. The smallest absolute Gasteiger partial charge is 0.337 e. The van der Waals surface area contributed by atoms with Crippen molar-refractivity contribution in [1.29, 1.82) is 0 Å². The first kappa shape index (κ1) is 10.8. The number of aryl methyl sites for hydroxylation is 2. The fourth-order valence-electron chi connectivity index (χ4n) is 1.53. The van der Waals surface area contributed by atoms with Crippen LogP contribution in [0.5, 0.6) is 0 Å². The van der Waals surface area contributed by atoms with Gasteiger partial charge in [0.1, 0.15) is 0 Å². The quantitative estimate of drug-likeness (QED) is 0.688. The summed E-state index contributed by atoms with van der Waals surface area (Å²) in [5, 5.41) is 0. The number of esters is 1. The van der Waals surface area contributed by atoms with E-state index in [-0.39, 0.29) is 5.97 Å². The van der Waals surface area contributed by atoms with Crippen LogP contribution in [0.1, 0.15) is 34.8 Å². The fourth-order valence-corrected chi connectivity index (χ4v) is 1.53. The van der Waals surface area contributed by atoms with Gasteiger partial charge in [-0.25, -0.2) is 4.79 Å². The molecular weight excluding hydrogens is 176 g/mol. The van der Waals surface area contributed by atoms with Crippen LogP contribution >= 0.6 is 0 Å². The number of rotatable bonds is 3. The summed E-state index contributed by atoms with van der Waals surface area (Å²) in [6.45, 7) is 4.12. The lowest BCUT2D eigenvalue weighted by molar-refractivity contribution is 0.0600. The van der Waals surface area contributed by atoms with E-state index in [4.69, 9.17) is 0 Å². The largest absolute Gasteiger partial charge is 0.465 e. The molecule has 0 bridgehead atoms. The van der Waals surface area contributed by atoms with Crippen LogP contribution < -0.4 is 0 Å². The Morgan fingerprint density at radius 1 is 1.36 bits per heavy atom. The zero-order valence-corrected chi connectivity index (χ0v) is 8.96. The molecule has 0 saturated heterocycles. The highest BCUT2D eigenvalue weighted by Gasteiger charge is 2.06. The number of benzene rings is 1. The molecule has 0 saturated carbocycles. The molecule has 2 heteroatoms. The second-order valence-electron chi connectivity index (χ2n) is 3.45. The van der Waals surface area contributed by atoms with Gasteiger partial charge in [0, 0.05) is 0 Å². The number of carbonyl (C=O) groups is 1. The van der Waals surface area contributed by atoms with Crippen molar-refractivity contribution < 1.29 is 9.53 Å². The Hall–Kier alpha value is -1.31. The minimum Gasteiger partial charge on any atom is -0.465 e. The van der Waals surface area contributed by atoms with E-state index in [1.165, 1.54) is 12.7 Å². The number of ether oxygens (including phenoxy) is 1. The van der Waals surface area contributed by atoms with E-state index < -0.39 is 0 Å². The Morgan fingerprint density at radius 3 is 2.64 bits per heavy atom. The van der Waals surface area contributed by atoms with Crippen molar-refractivity contribution in [3.63, 3.8) is 0 Å². The van der Waals surface area contributed by atoms with Gasteiger partial charge in [-0.3, -0.25) is 0 Å². The Bertz CT molecular complexity index is 329. The van der Waals surface area contributed by atoms with Gasteiger partial charge in [-0.05, 0) is 31.0 Å². The Labute approximate surface area is 84.9 Å². The van der Waals surface area contributed by atoms with Gasteiger partial charge in [0.2, 0.25) is 0 Å². The third-order valence-electron chi connectivity index (χ3n) is 2.10. The van der Waals surface area contributed by atoms with Crippen molar-refractivity contribution in [3.05, 3.63) is 34.9 Å². The molecule has 0 spiro atoms. The number of carbonyl (C=O) groups excluding carboxylic acids is 1. The first-order chi connectivity index (χ1) is 6.67. The molecule has 0 atom stereocenters. The third kappa shape index (κ3) is 2.59. The van der Waals surface area contributed by atoms with Gasteiger partial charge in [-0.1, -0.05) is 25.0 Å². The SMILES string of the molecule is CCCc1cc(C)cc(C(=O)OC)c1. The van der Waals surface area contributed by atoms with E-state index in [2.05, 4.69) is 17.7 Å². The monoisotopic (exact) mass is 192 g/mol. The maximum atomic E-state index is 11.3. The molecule has 0 N–H and O–H groups in total. The molecule has 0 radical (unpaired) electrons. The molecular formula is C12H16O2. The lowest BCUT2D eigenvalue weighted by atomic mass is 10.0. The molecule has 0 aliphatic carbocycles. The van der Waals surface area contributed by atoms with Crippen LogP contribution in [0.3, 0.4) is 0 Å². The number of hydrogen-bond donors (Lipinski definition) is 0. The van der Waals surface area contributed by atoms with Gasteiger partial charge in [0.05, 0.1) is 12.7 Å². The average Bonchev–Trinajstić information content (AvgIpc) is 2.16. The highest BCUT2D eigenvalue weighted by atomic mass is 16.5. The van der Waals surface area contributed by atoms with Gasteiger partial charge in [-0.2, -0.15) is 0 Å². The van der Waals surface area contributed by atoms with Gasteiger partial charge < -0.3 is 4.74 Å². The highest BCUT2D eigenvalue weighted by Crippen LogP contribution is 2.12. The summed E-state index contributed by atoms with van der Waals surface area (Å²) >= 11 is 0. The molecule has 0 aliphatic heterocycles. The van der Waals surface area contributed by atoms with Crippen molar-refractivity contribution in [2.24, 2.45) is 0 Å². The summed E-state index contributed by atoms with van der Waals surface area (Å²) in [4.78, 5) is 11.3. The van der Waals surface area contributed by atoms with Gasteiger partial charge in [-0.15, -0.1) is 0 Å². The van der Waals surface area contributed by atoms with Gasteiger partial charge >= 0.3 is 5.97 Å². The molecule has 1 aromatic rings. The molecule has 2 nitrogen and oxygen atoms in total. The molecule has 0 unspecified atom stereocenters. The molecule has 1 rings (SSSR count). The summed E-state index contributed by atoms with van der Waals surface area (Å²) in [5.41, 5.74) is 2.96. The van der Waals surface area contributed by atoms with E-state index in [0.717, 1.165) is 18.4 Å². The molecule has 0 heterocycles. The van der Waals surface area contributed by atoms with Crippen molar-refractivity contribution in [2.45, 2.75) is 26.7 Å². The summed E-state index contributed by atoms with van der Waals surface area (Å²) in [7, 11) is 1.41. The lowest BCUT2D eigenvalue weighted by Crippen LogP contribution is -2.02. The zero-order valence-electron chi connectivity index (χ0n) is 8.96. The van der Waals surface area contributed by atoms with Crippen LogP contribution in [-0.2, 0) is 11.2 Å². The van der Waals surface area contributed by atoms with Crippen LogP contribution in [0.4, 0.5) is 0 Å². The van der Waals surface area contributed by atoms with E-state index >= 15 is 0 Å². The Morgan fingerprint density at radius 2 is 2.07 bits per heavy atom. The van der Waals surface area contributed by atoms with Gasteiger partial charge in [0.25, 0.3) is 0 Å². The second-order valence-corrected chi connectivity index (χ2v) is 3.45. The Kier molecular flexibility index (Phi) is 3.69. The lowest BCUT2D eigenvalue weighted by Gasteiger charge is -2.05. The molecule has 0 fully saturated rings. The van der Waals surface area contributed by atoms with Crippen molar-refractivity contribution in [2.75, 3.05) is 7.11 Å². The topological polar surface area (TPSA) is 26.3 Å². The standard InChI is InChI=1S/C12H16O2/c1-4-5-10-6-9(2)7-11(8-10)12(13)14-3/h6-8H,4-5H2,1-3H3. The number of hydrogen-bond acceptors (Lipinski definition) is 2.